The normalized spacial score (nSPS) is 11.2. The van der Waals surface area contributed by atoms with E-state index in [0.29, 0.717) is 11.7 Å². The van der Waals surface area contributed by atoms with Gasteiger partial charge in [-0.05, 0) is 12.0 Å². The molecular weight excluding hydrogens is 204 g/mol. The van der Waals surface area contributed by atoms with Crippen LogP contribution in [0.15, 0.2) is 12.3 Å². The van der Waals surface area contributed by atoms with Crippen molar-refractivity contribution in [2.75, 3.05) is 5.73 Å². The first-order valence-electron chi connectivity index (χ1n) is 5.27. The molecule has 0 saturated carbocycles. The molecule has 0 amide bonds. The molecule has 2 heterocycles. The molecular formula is C10H16N6. The highest BCUT2D eigenvalue weighted by Gasteiger charge is 2.15. The van der Waals surface area contributed by atoms with Gasteiger partial charge in [-0.3, -0.25) is 4.68 Å². The number of nitrogens with two attached hydrogens (primary N) is 1. The number of nitrogens with zero attached hydrogens (tertiary/aromatic N) is 5. The number of aryl methyl sites for hydroxylation is 1. The second-order valence-electron chi connectivity index (χ2n) is 4.24. The maximum atomic E-state index is 5.84. The van der Waals surface area contributed by atoms with Crippen molar-refractivity contribution in [1.29, 1.82) is 0 Å². The van der Waals surface area contributed by atoms with E-state index in [2.05, 4.69) is 29.3 Å². The van der Waals surface area contributed by atoms with Crippen LogP contribution in [0.1, 0.15) is 13.8 Å². The van der Waals surface area contributed by atoms with Crippen molar-refractivity contribution >= 4 is 5.82 Å². The molecule has 0 bridgehead atoms. The van der Waals surface area contributed by atoms with Gasteiger partial charge in [0.15, 0.2) is 5.82 Å². The molecule has 0 aromatic carbocycles. The Hall–Kier alpha value is -1.85. The fourth-order valence-electron chi connectivity index (χ4n) is 1.67. The molecule has 0 fully saturated rings. The van der Waals surface area contributed by atoms with Gasteiger partial charge in [0, 0.05) is 19.8 Å². The SMILES string of the molecule is CC(C)Cn1nnc(N)c1-c1ccnn1C. The lowest BCUT2D eigenvalue weighted by Crippen LogP contribution is -2.09. The van der Waals surface area contributed by atoms with Crippen molar-refractivity contribution in [2.45, 2.75) is 20.4 Å². The minimum Gasteiger partial charge on any atom is -0.380 e. The van der Waals surface area contributed by atoms with Gasteiger partial charge in [-0.1, -0.05) is 19.1 Å². The van der Waals surface area contributed by atoms with Gasteiger partial charge < -0.3 is 5.73 Å². The minimum atomic E-state index is 0.448. The minimum absolute atomic E-state index is 0.448. The Morgan fingerprint density at radius 3 is 2.75 bits per heavy atom. The largest absolute Gasteiger partial charge is 0.380 e. The monoisotopic (exact) mass is 220 g/mol. The topological polar surface area (TPSA) is 74.6 Å². The van der Waals surface area contributed by atoms with Gasteiger partial charge in [-0.25, -0.2) is 4.68 Å². The van der Waals surface area contributed by atoms with Crippen LogP contribution < -0.4 is 5.73 Å². The molecule has 2 aromatic rings. The lowest BCUT2D eigenvalue weighted by Gasteiger charge is -2.09. The van der Waals surface area contributed by atoms with Crippen molar-refractivity contribution in [3.05, 3.63) is 12.3 Å². The fraction of sp³-hybridized carbons (Fsp3) is 0.500. The third-order valence-electron chi connectivity index (χ3n) is 2.36. The molecule has 0 aliphatic heterocycles. The highest BCUT2D eigenvalue weighted by Crippen LogP contribution is 2.23. The Morgan fingerprint density at radius 2 is 2.19 bits per heavy atom. The van der Waals surface area contributed by atoms with Crippen LogP contribution in [-0.2, 0) is 13.6 Å². The van der Waals surface area contributed by atoms with Crippen LogP contribution in [0.2, 0.25) is 0 Å². The van der Waals surface area contributed by atoms with E-state index in [0.717, 1.165) is 17.9 Å². The second kappa shape index (κ2) is 3.96. The Bertz CT molecular complexity index is 481. The zero-order chi connectivity index (χ0) is 11.7. The summed E-state index contributed by atoms with van der Waals surface area (Å²) in [6, 6.07) is 1.91. The fourth-order valence-corrected chi connectivity index (χ4v) is 1.67. The number of aromatic nitrogens is 5. The molecule has 2 N–H and O–H groups in total. The summed E-state index contributed by atoms with van der Waals surface area (Å²) in [4.78, 5) is 0. The van der Waals surface area contributed by atoms with Crippen LogP contribution in [0, 0.1) is 5.92 Å². The molecule has 0 saturated heterocycles. The Morgan fingerprint density at radius 1 is 1.44 bits per heavy atom. The summed E-state index contributed by atoms with van der Waals surface area (Å²) in [5.41, 5.74) is 7.62. The van der Waals surface area contributed by atoms with Crippen molar-refractivity contribution in [3.63, 3.8) is 0 Å². The Kier molecular flexibility index (Phi) is 2.64. The molecule has 6 nitrogen and oxygen atoms in total. The molecule has 6 heteroatoms. The smallest absolute Gasteiger partial charge is 0.175 e. The summed E-state index contributed by atoms with van der Waals surface area (Å²) >= 11 is 0. The predicted molar refractivity (Wildman–Crippen MR) is 61.5 cm³/mol. The first-order valence-corrected chi connectivity index (χ1v) is 5.27. The summed E-state index contributed by atoms with van der Waals surface area (Å²) in [6.07, 6.45) is 1.74. The van der Waals surface area contributed by atoms with Crippen LogP contribution in [0.5, 0.6) is 0 Å². The number of nitrogen functional groups attached to an aromatic ring is 1. The molecule has 0 radical (unpaired) electrons. The van der Waals surface area contributed by atoms with E-state index in [1.165, 1.54) is 0 Å². The van der Waals surface area contributed by atoms with E-state index in [1.54, 1.807) is 10.9 Å². The van der Waals surface area contributed by atoms with Crippen LogP contribution in [0.25, 0.3) is 11.4 Å². The van der Waals surface area contributed by atoms with E-state index in [-0.39, 0.29) is 0 Å². The van der Waals surface area contributed by atoms with Crippen LogP contribution in [0.3, 0.4) is 0 Å². The third-order valence-corrected chi connectivity index (χ3v) is 2.36. The van der Waals surface area contributed by atoms with Crippen molar-refractivity contribution < 1.29 is 0 Å². The number of anilines is 1. The van der Waals surface area contributed by atoms with Crippen molar-refractivity contribution in [2.24, 2.45) is 13.0 Å². The quantitative estimate of drug-likeness (QED) is 0.834. The number of hydrogen-bond donors (Lipinski definition) is 1. The van der Waals surface area contributed by atoms with Crippen LogP contribution in [0.4, 0.5) is 5.82 Å². The zero-order valence-corrected chi connectivity index (χ0v) is 9.75. The molecule has 86 valence electrons. The standard InChI is InChI=1S/C10H16N6/c1-7(2)6-16-9(10(11)13-14-16)8-4-5-12-15(8)3/h4-5,7H,6,11H2,1-3H3. The van der Waals surface area contributed by atoms with Gasteiger partial charge in [0.2, 0.25) is 0 Å². The first kappa shape index (κ1) is 10.7. The molecule has 0 aliphatic rings. The van der Waals surface area contributed by atoms with Gasteiger partial charge in [0.25, 0.3) is 0 Å². The van der Waals surface area contributed by atoms with Gasteiger partial charge in [-0.2, -0.15) is 5.10 Å². The Labute approximate surface area is 94.1 Å². The van der Waals surface area contributed by atoms with Gasteiger partial charge >= 0.3 is 0 Å². The van der Waals surface area contributed by atoms with Gasteiger partial charge in [-0.15, -0.1) is 5.10 Å². The summed E-state index contributed by atoms with van der Waals surface area (Å²) in [7, 11) is 1.88. The number of rotatable bonds is 3. The van der Waals surface area contributed by atoms with Gasteiger partial charge in [0.1, 0.15) is 5.69 Å². The zero-order valence-electron chi connectivity index (χ0n) is 9.75. The average Bonchev–Trinajstić information content (AvgIpc) is 2.73. The number of hydrogen-bond acceptors (Lipinski definition) is 4. The third kappa shape index (κ3) is 1.78. The summed E-state index contributed by atoms with van der Waals surface area (Å²) in [5.74, 6) is 0.942. The second-order valence-corrected chi connectivity index (χ2v) is 4.24. The molecule has 2 aromatic heterocycles. The average molecular weight is 220 g/mol. The molecule has 0 unspecified atom stereocenters. The van der Waals surface area contributed by atoms with E-state index in [4.69, 9.17) is 5.73 Å². The maximum absolute atomic E-state index is 5.84. The molecule has 0 aliphatic carbocycles. The molecule has 0 atom stereocenters. The van der Waals surface area contributed by atoms with Crippen LogP contribution >= 0.6 is 0 Å². The van der Waals surface area contributed by atoms with E-state index in [1.807, 2.05) is 17.8 Å². The maximum Gasteiger partial charge on any atom is 0.175 e. The highest BCUT2D eigenvalue weighted by molar-refractivity contribution is 5.66. The van der Waals surface area contributed by atoms with Crippen molar-refractivity contribution in [3.8, 4) is 11.4 Å². The summed E-state index contributed by atoms with van der Waals surface area (Å²) in [5, 5.41) is 12.1. The van der Waals surface area contributed by atoms with E-state index >= 15 is 0 Å². The molecule has 0 spiro atoms. The molecule has 16 heavy (non-hydrogen) atoms. The lowest BCUT2D eigenvalue weighted by molar-refractivity contribution is 0.474. The highest BCUT2D eigenvalue weighted by atomic mass is 15.5. The van der Waals surface area contributed by atoms with Gasteiger partial charge in [0.05, 0.1) is 5.69 Å². The van der Waals surface area contributed by atoms with E-state index < -0.39 is 0 Å². The summed E-state index contributed by atoms with van der Waals surface area (Å²) in [6.45, 7) is 5.06. The summed E-state index contributed by atoms with van der Waals surface area (Å²) < 4.78 is 3.60. The first-order chi connectivity index (χ1) is 7.59. The van der Waals surface area contributed by atoms with E-state index in [9.17, 15) is 0 Å². The molecule has 2 rings (SSSR count). The Balaban J connectivity index is 2.47. The van der Waals surface area contributed by atoms with Crippen LogP contribution in [-0.4, -0.2) is 24.8 Å². The lowest BCUT2D eigenvalue weighted by atomic mass is 10.2. The van der Waals surface area contributed by atoms with Crippen molar-refractivity contribution in [1.82, 2.24) is 24.8 Å². The predicted octanol–water partition coefficient (Wildman–Crippen LogP) is 0.917.